The smallest absolute Gasteiger partial charge is 0.302 e. The molecule has 0 radical (unpaired) electrons. The van der Waals surface area contributed by atoms with Gasteiger partial charge >= 0.3 is 5.97 Å². The molecule has 0 saturated carbocycles. The van der Waals surface area contributed by atoms with E-state index in [1.807, 2.05) is 0 Å². The van der Waals surface area contributed by atoms with Gasteiger partial charge in [0.05, 0.1) is 0 Å². The van der Waals surface area contributed by atoms with E-state index in [2.05, 4.69) is 27.9 Å². The van der Waals surface area contributed by atoms with Gasteiger partial charge in [-0.2, -0.15) is 0 Å². The summed E-state index contributed by atoms with van der Waals surface area (Å²) in [5.41, 5.74) is 0. The van der Waals surface area contributed by atoms with Crippen molar-refractivity contribution in [1.82, 2.24) is 4.90 Å². The van der Waals surface area contributed by atoms with Gasteiger partial charge in [0.15, 0.2) is 0 Å². The average molecular weight is 262 g/mol. The number of fused-ring (bicyclic) bond motifs is 2. The van der Waals surface area contributed by atoms with Crippen LogP contribution in [0.15, 0.2) is 0 Å². The third kappa shape index (κ3) is 1.82. The van der Waals surface area contributed by atoms with E-state index >= 15 is 0 Å². The molecule has 2 saturated heterocycles. The zero-order valence-electron chi connectivity index (χ0n) is 8.57. The Balaban J connectivity index is 2.00. The van der Waals surface area contributed by atoms with Crippen LogP contribution in [0.5, 0.6) is 0 Å². The molecule has 0 spiro atoms. The van der Waals surface area contributed by atoms with Crippen LogP contribution in [0, 0.1) is 0 Å². The van der Waals surface area contributed by atoms with Gasteiger partial charge in [-0.15, -0.1) is 0 Å². The monoisotopic (exact) mass is 261 g/mol. The van der Waals surface area contributed by atoms with Gasteiger partial charge in [0.1, 0.15) is 6.10 Å². The van der Waals surface area contributed by atoms with Crippen LogP contribution < -0.4 is 0 Å². The van der Waals surface area contributed by atoms with Crippen LogP contribution in [0.1, 0.15) is 26.2 Å². The van der Waals surface area contributed by atoms with Crippen molar-refractivity contribution in [2.24, 2.45) is 0 Å². The summed E-state index contributed by atoms with van der Waals surface area (Å²) in [7, 11) is 2.17. The van der Waals surface area contributed by atoms with E-state index in [0.717, 1.165) is 12.8 Å². The Kier molecular flexibility index (Phi) is 2.84. The van der Waals surface area contributed by atoms with E-state index < -0.39 is 0 Å². The maximum atomic E-state index is 10.9. The van der Waals surface area contributed by atoms with Crippen molar-refractivity contribution in [2.75, 3.05) is 7.05 Å². The SMILES string of the molecule is CC(=O)OC1CC2CC(Br)C(C1)N2C. The highest BCUT2D eigenvalue weighted by molar-refractivity contribution is 9.09. The number of nitrogens with zero attached hydrogens (tertiary/aromatic N) is 1. The highest BCUT2D eigenvalue weighted by Crippen LogP contribution is 2.39. The Morgan fingerprint density at radius 1 is 1.43 bits per heavy atom. The molecule has 0 amide bonds. The first kappa shape index (κ1) is 10.4. The molecule has 3 nitrogen and oxygen atoms in total. The molecule has 2 aliphatic rings. The number of piperidine rings is 1. The van der Waals surface area contributed by atoms with Crippen molar-refractivity contribution in [3.05, 3.63) is 0 Å². The number of carbonyl (C=O) groups is 1. The van der Waals surface area contributed by atoms with Crippen molar-refractivity contribution in [3.63, 3.8) is 0 Å². The maximum Gasteiger partial charge on any atom is 0.302 e. The van der Waals surface area contributed by atoms with Crippen LogP contribution in [-0.2, 0) is 9.53 Å². The summed E-state index contributed by atoms with van der Waals surface area (Å²) in [6, 6.07) is 1.13. The molecule has 4 heteroatoms. The number of halogens is 1. The van der Waals surface area contributed by atoms with Crippen LogP contribution in [0.3, 0.4) is 0 Å². The lowest BCUT2D eigenvalue weighted by molar-refractivity contribution is -0.149. The fraction of sp³-hybridized carbons (Fsp3) is 0.900. The summed E-state index contributed by atoms with van der Waals surface area (Å²) < 4.78 is 5.28. The van der Waals surface area contributed by atoms with Gasteiger partial charge in [0, 0.05) is 36.7 Å². The first-order valence-electron chi connectivity index (χ1n) is 5.11. The predicted octanol–water partition coefficient (Wildman–Crippen LogP) is 1.55. The highest BCUT2D eigenvalue weighted by Gasteiger charge is 2.44. The average Bonchev–Trinajstić information content (AvgIpc) is 2.29. The summed E-state index contributed by atoms with van der Waals surface area (Å²) in [6.07, 6.45) is 3.29. The van der Waals surface area contributed by atoms with Gasteiger partial charge in [0.25, 0.3) is 0 Å². The number of hydrogen-bond acceptors (Lipinski definition) is 3. The molecule has 2 heterocycles. The second-order valence-electron chi connectivity index (χ2n) is 4.34. The fourth-order valence-corrected chi connectivity index (χ4v) is 3.71. The van der Waals surface area contributed by atoms with E-state index in [0.29, 0.717) is 16.9 Å². The summed E-state index contributed by atoms with van der Waals surface area (Å²) >= 11 is 3.70. The number of hydrogen-bond donors (Lipinski definition) is 0. The van der Waals surface area contributed by atoms with E-state index in [1.54, 1.807) is 0 Å². The Morgan fingerprint density at radius 2 is 2.14 bits per heavy atom. The first-order valence-corrected chi connectivity index (χ1v) is 6.02. The molecule has 0 aromatic carbocycles. The molecule has 14 heavy (non-hydrogen) atoms. The molecule has 2 fully saturated rings. The molecule has 2 bridgehead atoms. The quantitative estimate of drug-likeness (QED) is 0.530. The second kappa shape index (κ2) is 3.81. The first-order chi connectivity index (χ1) is 6.58. The molecule has 4 atom stereocenters. The Morgan fingerprint density at radius 3 is 2.71 bits per heavy atom. The minimum atomic E-state index is -0.148. The minimum absolute atomic E-state index is 0.140. The van der Waals surface area contributed by atoms with Gasteiger partial charge in [-0.05, 0) is 13.5 Å². The number of rotatable bonds is 1. The molecular formula is C10H16BrNO2. The van der Waals surface area contributed by atoms with E-state index in [-0.39, 0.29) is 12.1 Å². The van der Waals surface area contributed by atoms with E-state index in [1.165, 1.54) is 13.3 Å². The summed E-state index contributed by atoms with van der Waals surface area (Å²) in [6.45, 7) is 1.49. The molecule has 0 aromatic heterocycles. The van der Waals surface area contributed by atoms with Gasteiger partial charge < -0.3 is 4.74 Å². The van der Waals surface area contributed by atoms with Crippen LogP contribution in [0.4, 0.5) is 0 Å². The van der Waals surface area contributed by atoms with Crippen molar-refractivity contribution in [1.29, 1.82) is 0 Å². The number of carbonyl (C=O) groups excluding carboxylic acids is 1. The molecular weight excluding hydrogens is 246 g/mol. The third-order valence-electron chi connectivity index (χ3n) is 3.39. The Bertz CT molecular complexity index is 246. The topological polar surface area (TPSA) is 29.5 Å². The molecule has 0 N–H and O–H groups in total. The van der Waals surface area contributed by atoms with E-state index in [4.69, 9.17) is 4.74 Å². The van der Waals surface area contributed by atoms with Gasteiger partial charge in [-0.3, -0.25) is 9.69 Å². The molecule has 2 aliphatic heterocycles. The fourth-order valence-electron chi connectivity index (χ4n) is 2.69. The minimum Gasteiger partial charge on any atom is -0.462 e. The number of ether oxygens (including phenoxy) is 1. The number of esters is 1. The van der Waals surface area contributed by atoms with Crippen LogP contribution in [0.25, 0.3) is 0 Å². The normalized spacial score (nSPS) is 42.5. The molecule has 80 valence electrons. The van der Waals surface area contributed by atoms with Crippen molar-refractivity contribution in [3.8, 4) is 0 Å². The van der Waals surface area contributed by atoms with Gasteiger partial charge in [-0.1, -0.05) is 15.9 Å². The lowest BCUT2D eigenvalue weighted by Crippen LogP contribution is -2.44. The Hall–Kier alpha value is -0.0900. The molecule has 4 unspecified atom stereocenters. The van der Waals surface area contributed by atoms with Crippen molar-refractivity contribution < 1.29 is 9.53 Å². The summed E-state index contributed by atoms with van der Waals surface area (Å²) in [5, 5.41) is 0. The number of alkyl halides is 1. The lowest BCUT2D eigenvalue weighted by Gasteiger charge is -2.36. The lowest BCUT2D eigenvalue weighted by atomic mass is 10.0. The van der Waals surface area contributed by atoms with Crippen LogP contribution in [0.2, 0.25) is 0 Å². The highest BCUT2D eigenvalue weighted by atomic mass is 79.9. The molecule has 2 rings (SSSR count). The predicted molar refractivity (Wildman–Crippen MR) is 57.5 cm³/mol. The standard InChI is InChI=1S/C10H16BrNO2/c1-6(13)14-8-3-7-4-9(11)10(5-8)12(7)2/h7-10H,3-5H2,1-2H3. The van der Waals surface area contributed by atoms with Crippen molar-refractivity contribution >= 4 is 21.9 Å². The summed E-state index contributed by atoms with van der Waals surface area (Å²) in [4.78, 5) is 13.8. The molecule has 0 aromatic rings. The second-order valence-corrected chi connectivity index (χ2v) is 5.52. The van der Waals surface area contributed by atoms with Crippen molar-refractivity contribution in [2.45, 2.75) is 49.2 Å². The van der Waals surface area contributed by atoms with E-state index in [9.17, 15) is 4.79 Å². The van der Waals surface area contributed by atoms with Gasteiger partial charge in [-0.25, -0.2) is 0 Å². The van der Waals surface area contributed by atoms with Crippen LogP contribution >= 0.6 is 15.9 Å². The zero-order valence-corrected chi connectivity index (χ0v) is 10.2. The largest absolute Gasteiger partial charge is 0.462 e. The maximum absolute atomic E-state index is 10.9. The third-order valence-corrected chi connectivity index (χ3v) is 4.37. The zero-order chi connectivity index (χ0) is 10.3. The molecule has 0 aliphatic carbocycles. The van der Waals surface area contributed by atoms with Crippen LogP contribution in [-0.4, -0.2) is 40.9 Å². The summed E-state index contributed by atoms with van der Waals surface area (Å²) in [5.74, 6) is -0.148. The van der Waals surface area contributed by atoms with Gasteiger partial charge in [0.2, 0.25) is 0 Å². The Labute approximate surface area is 92.9 Å².